The minimum Gasteiger partial charge on any atom is -0.356 e. The van der Waals surface area contributed by atoms with Crippen LogP contribution in [0.2, 0.25) is 0 Å². The third kappa shape index (κ3) is 7.11. The predicted octanol–water partition coefficient (Wildman–Crippen LogP) is 1.87. The third-order valence-electron chi connectivity index (χ3n) is 3.38. The summed E-state index contributed by atoms with van der Waals surface area (Å²) < 4.78 is 0. The lowest BCUT2D eigenvalue weighted by atomic mass is 10.0. The molecule has 0 heterocycles. The van der Waals surface area contributed by atoms with Crippen LogP contribution < -0.4 is 16.0 Å². The molecule has 1 rings (SSSR count). The van der Waals surface area contributed by atoms with E-state index in [-0.39, 0.29) is 5.91 Å². The largest absolute Gasteiger partial charge is 0.356 e. The van der Waals surface area contributed by atoms with Gasteiger partial charge in [0.15, 0.2) is 5.96 Å². The smallest absolute Gasteiger partial charge is 0.221 e. The Hall–Kier alpha value is -2.04. The van der Waals surface area contributed by atoms with Crippen LogP contribution in [0.1, 0.15) is 38.2 Å². The number of guanidine groups is 1. The first-order chi connectivity index (χ1) is 10.7. The molecule has 1 atom stereocenters. The maximum atomic E-state index is 11.5. The van der Waals surface area contributed by atoms with Crippen LogP contribution >= 0.6 is 0 Å². The van der Waals surface area contributed by atoms with Gasteiger partial charge < -0.3 is 16.0 Å². The summed E-state index contributed by atoms with van der Waals surface area (Å²) in [6.45, 7) is 6.33. The van der Waals surface area contributed by atoms with Crippen LogP contribution in [0, 0.1) is 0 Å². The summed E-state index contributed by atoms with van der Waals surface area (Å²) in [5, 5.41) is 9.31. The van der Waals surface area contributed by atoms with Crippen molar-refractivity contribution in [2.24, 2.45) is 4.99 Å². The molecule has 0 aromatic heterocycles. The summed E-state index contributed by atoms with van der Waals surface area (Å²) in [6, 6.07) is 10.4. The highest BCUT2D eigenvalue weighted by molar-refractivity contribution is 5.81. The Morgan fingerprint density at radius 2 is 1.86 bits per heavy atom. The maximum absolute atomic E-state index is 11.5. The van der Waals surface area contributed by atoms with Gasteiger partial charge in [0.1, 0.15) is 0 Å². The molecule has 0 aliphatic rings. The SMILES string of the molecule is CCCNC(=O)CCNC(=NC)NCC(C)c1ccccc1. The number of aliphatic imine (C=N–C) groups is 1. The summed E-state index contributed by atoms with van der Waals surface area (Å²) in [5.41, 5.74) is 1.30. The normalized spacial score (nSPS) is 12.6. The van der Waals surface area contributed by atoms with Crippen molar-refractivity contribution in [1.29, 1.82) is 0 Å². The standard InChI is InChI=1S/C17H28N4O/c1-4-11-19-16(22)10-12-20-17(18-3)21-13-14(2)15-8-6-5-7-9-15/h5-9,14H,4,10-13H2,1-3H3,(H,19,22)(H2,18,20,21). The van der Waals surface area contributed by atoms with E-state index in [9.17, 15) is 4.79 Å². The van der Waals surface area contributed by atoms with Gasteiger partial charge in [0.2, 0.25) is 5.91 Å². The Kier molecular flexibility index (Phi) is 8.72. The summed E-state index contributed by atoms with van der Waals surface area (Å²) >= 11 is 0. The van der Waals surface area contributed by atoms with E-state index in [0.29, 0.717) is 18.9 Å². The fraction of sp³-hybridized carbons (Fsp3) is 0.529. The molecule has 5 nitrogen and oxygen atoms in total. The Morgan fingerprint density at radius 3 is 2.50 bits per heavy atom. The Balaban J connectivity index is 2.27. The first kappa shape index (κ1) is 18.0. The number of nitrogens with one attached hydrogen (secondary N) is 3. The summed E-state index contributed by atoms with van der Waals surface area (Å²) in [7, 11) is 1.74. The van der Waals surface area contributed by atoms with Crippen molar-refractivity contribution in [1.82, 2.24) is 16.0 Å². The van der Waals surface area contributed by atoms with Gasteiger partial charge in [-0.3, -0.25) is 9.79 Å². The second-order valence-electron chi connectivity index (χ2n) is 5.29. The first-order valence-electron chi connectivity index (χ1n) is 7.93. The van der Waals surface area contributed by atoms with E-state index in [1.807, 2.05) is 25.1 Å². The molecule has 0 radical (unpaired) electrons. The lowest BCUT2D eigenvalue weighted by Gasteiger charge is -2.16. The first-order valence-corrected chi connectivity index (χ1v) is 7.93. The monoisotopic (exact) mass is 304 g/mol. The molecule has 1 unspecified atom stereocenters. The zero-order valence-electron chi connectivity index (χ0n) is 13.9. The van der Waals surface area contributed by atoms with Crippen LogP contribution in [-0.4, -0.2) is 38.5 Å². The van der Waals surface area contributed by atoms with Crippen LogP contribution in [0.4, 0.5) is 0 Å². The molecular formula is C17H28N4O. The second kappa shape index (κ2) is 10.7. The zero-order chi connectivity index (χ0) is 16.2. The summed E-state index contributed by atoms with van der Waals surface area (Å²) in [4.78, 5) is 15.7. The van der Waals surface area contributed by atoms with Gasteiger partial charge in [-0.2, -0.15) is 0 Å². The summed E-state index contributed by atoms with van der Waals surface area (Å²) in [6.07, 6.45) is 1.41. The minimum atomic E-state index is 0.0717. The highest BCUT2D eigenvalue weighted by Crippen LogP contribution is 2.12. The molecule has 1 aromatic rings. The fourth-order valence-electron chi connectivity index (χ4n) is 2.02. The average molecular weight is 304 g/mol. The van der Waals surface area contributed by atoms with E-state index >= 15 is 0 Å². The second-order valence-corrected chi connectivity index (χ2v) is 5.29. The van der Waals surface area contributed by atoms with Gasteiger partial charge in [-0.05, 0) is 17.9 Å². The van der Waals surface area contributed by atoms with Crippen molar-refractivity contribution in [3.63, 3.8) is 0 Å². The number of carbonyl (C=O) groups is 1. The van der Waals surface area contributed by atoms with E-state index in [2.05, 4.69) is 40.0 Å². The van der Waals surface area contributed by atoms with Crippen molar-refractivity contribution in [2.75, 3.05) is 26.7 Å². The predicted molar refractivity (Wildman–Crippen MR) is 92.1 cm³/mol. The molecule has 0 saturated carbocycles. The molecule has 0 spiro atoms. The molecule has 22 heavy (non-hydrogen) atoms. The molecule has 0 fully saturated rings. The van der Waals surface area contributed by atoms with Crippen molar-refractivity contribution in [3.8, 4) is 0 Å². The van der Waals surface area contributed by atoms with Crippen molar-refractivity contribution in [3.05, 3.63) is 35.9 Å². The van der Waals surface area contributed by atoms with Gasteiger partial charge in [-0.25, -0.2) is 0 Å². The van der Waals surface area contributed by atoms with E-state index in [0.717, 1.165) is 25.5 Å². The molecule has 122 valence electrons. The Morgan fingerprint density at radius 1 is 1.14 bits per heavy atom. The van der Waals surface area contributed by atoms with E-state index < -0.39 is 0 Å². The van der Waals surface area contributed by atoms with Crippen LogP contribution in [0.3, 0.4) is 0 Å². The van der Waals surface area contributed by atoms with Gasteiger partial charge in [-0.1, -0.05) is 44.2 Å². The number of nitrogens with zero attached hydrogens (tertiary/aromatic N) is 1. The van der Waals surface area contributed by atoms with Crippen molar-refractivity contribution in [2.45, 2.75) is 32.6 Å². The van der Waals surface area contributed by atoms with Gasteiger partial charge in [0.05, 0.1) is 0 Å². The number of benzene rings is 1. The van der Waals surface area contributed by atoms with Crippen LogP contribution in [0.25, 0.3) is 0 Å². The maximum Gasteiger partial charge on any atom is 0.221 e. The molecule has 5 heteroatoms. The van der Waals surface area contributed by atoms with Crippen LogP contribution in [0.5, 0.6) is 0 Å². The quantitative estimate of drug-likeness (QED) is 0.507. The van der Waals surface area contributed by atoms with E-state index in [1.54, 1.807) is 7.05 Å². The zero-order valence-corrected chi connectivity index (χ0v) is 13.9. The van der Waals surface area contributed by atoms with Gasteiger partial charge in [-0.15, -0.1) is 0 Å². The molecular weight excluding hydrogens is 276 g/mol. The number of amides is 1. The summed E-state index contributed by atoms with van der Waals surface area (Å²) in [5.74, 6) is 1.20. The van der Waals surface area contributed by atoms with Gasteiger partial charge >= 0.3 is 0 Å². The number of hydrogen-bond acceptors (Lipinski definition) is 2. The van der Waals surface area contributed by atoms with Crippen LogP contribution in [0.15, 0.2) is 35.3 Å². The van der Waals surface area contributed by atoms with Crippen LogP contribution in [-0.2, 0) is 4.79 Å². The van der Waals surface area contributed by atoms with E-state index in [1.165, 1.54) is 5.56 Å². The molecule has 0 bridgehead atoms. The Bertz CT molecular complexity index is 459. The molecule has 1 amide bonds. The minimum absolute atomic E-state index is 0.0717. The fourth-order valence-corrected chi connectivity index (χ4v) is 2.02. The topological polar surface area (TPSA) is 65.5 Å². The average Bonchev–Trinajstić information content (AvgIpc) is 2.56. The molecule has 3 N–H and O–H groups in total. The lowest BCUT2D eigenvalue weighted by Crippen LogP contribution is -2.40. The molecule has 0 saturated heterocycles. The van der Waals surface area contributed by atoms with E-state index in [4.69, 9.17) is 0 Å². The number of carbonyl (C=O) groups excluding carboxylic acids is 1. The van der Waals surface area contributed by atoms with Gasteiger partial charge in [0, 0.05) is 33.1 Å². The lowest BCUT2D eigenvalue weighted by molar-refractivity contribution is -0.120. The number of hydrogen-bond donors (Lipinski definition) is 3. The molecule has 0 aliphatic carbocycles. The van der Waals surface area contributed by atoms with Crippen molar-refractivity contribution >= 4 is 11.9 Å². The molecule has 0 aliphatic heterocycles. The Labute approximate surface area is 133 Å². The highest BCUT2D eigenvalue weighted by Gasteiger charge is 2.06. The van der Waals surface area contributed by atoms with Gasteiger partial charge in [0.25, 0.3) is 0 Å². The van der Waals surface area contributed by atoms with Crippen molar-refractivity contribution < 1.29 is 4.79 Å². The molecule has 1 aromatic carbocycles. The third-order valence-corrected chi connectivity index (χ3v) is 3.38. The highest BCUT2D eigenvalue weighted by atomic mass is 16.1. The number of rotatable bonds is 8.